The summed E-state index contributed by atoms with van der Waals surface area (Å²) in [5, 5.41) is 0. The van der Waals surface area contributed by atoms with Crippen molar-refractivity contribution in [2.45, 2.75) is 46.0 Å². The zero-order chi connectivity index (χ0) is 10.4. The van der Waals surface area contributed by atoms with Crippen molar-refractivity contribution in [1.82, 2.24) is 0 Å². The topological polar surface area (TPSA) is 26.3 Å². The lowest BCUT2D eigenvalue weighted by atomic mass is 9.88. The number of rotatable bonds is 3. The number of allylic oxidation sites excluding steroid dienone is 1. The van der Waals surface area contributed by atoms with Gasteiger partial charge >= 0.3 is 5.97 Å². The first-order valence-corrected chi connectivity index (χ1v) is 5.59. The number of carbonyl (C=O) groups is 1. The molecule has 0 heterocycles. The maximum atomic E-state index is 11.3. The van der Waals surface area contributed by atoms with Crippen LogP contribution in [0.15, 0.2) is 11.6 Å². The fourth-order valence-corrected chi connectivity index (χ4v) is 1.97. The van der Waals surface area contributed by atoms with Crippen LogP contribution in [-0.2, 0) is 9.53 Å². The van der Waals surface area contributed by atoms with Gasteiger partial charge in [-0.05, 0) is 32.6 Å². The van der Waals surface area contributed by atoms with Crippen molar-refractivity contribution in [3.05, 3.63) is 11.6 Å². The summed E-state index contributed by atoms with van der Waals surface area (Å²) in [5.41, 5.74) is 0.777. The van der Waals surface area contributed by atoms with Gasteiger partial charge in [-0.25, -0.2) is 4.79 Å². The molecule has 1 rings (SSSR count). The number of ether oxygens (including phenoxy) is 1. The second-order valence-corrected chi connectivity index (χ2v) is 3.97. The Hall–Kier alpha value is -0.790. The normalized spacial score (nSPS) is 19.4. The highest BCUT2D eigenvalue weighted by atomic mass is 16.5. The van der Waals surface area contributed by atoms with E-state index < -0.39 is 0 Å². The minimum atomic E-state index is -0.155. The number of hydrogen-bond donors (Lipinski definition) is 0. The molecular formula is C12H20O2. The van der Waals surface area contributed by atoms with Crippen LogP contribution in [-0.4, -0.2) is 12.6 Å². The average Bonchev–Trinajstić information content (AvgIpc) is 2.19. The molecule has 1 aliphatic rings. The molecule has 0 aromatic rings. The van der Waals surface area contributed by atoms with Crippen molar-refractivity contribution in [1.29, 1.82) is 0 Å². The second kappa shape index (κ2) is 5.84. The van der Waals surface area contributed by atoms with E-state index in [1.54, 1.807) is 0 Å². The summed E-state index contributed by atoms with van der Waals surface area (Å²) in [6.45, 7) is 4.16. The summed E-state index contributed by atoms with van der Waals surface area (Å²) in [4.78, 5) is 11.3. The Morgan fingerprint density at radius 3 is 2.57 bits per heavy atom. The van der Waals surface area contributed by atoms with Gasteiger partial charge in [-0.15, -0.1) is 0 Å². The molecule has 0 radical (unpaired) electrons. The lowest BCUT2D eigenvalue weighted by molar-refractivity contribution is -0.138. The maximum Gasteiger partial charge on any atom is 0.333 e. The minimum Gasteiger partial charge on any atom is -0.463 e. The highest BCUT2D eigenvalue weighted by Gasteiger charge is 2.13. The van der Waals surface area contributed by atoms with E-state index in [0.29, 0.717) is 12.5 Å². The van der Waals surface area contributed by atoms with Crippen LogP contribution in [0, 0.1) is 5.92 Å². The zero-order valence-electron chi connectivity index (χ0n) is 9.21. The SMILES string of the molecule is CCOC(=O)/C(C)=C\C1CCCCC1. The third-order valence-electron chi connectivity index (χ3n) is 2.73. The first-order valence-electron chi connectivity index (χ1n) is 5.59. The Morgan fingerprint density at radius 1 is 1.36 bits per heavy atom. The molecule has 0 amide bonds. The zero-order valence-corrected chi connectivity index (χ0v) is 9.21. The van der Waals surface area contributed by atoms with E-state index >= 15 is 0 Å². The molecule has 14 heavy (non-hydrogen) atoms. The van der Waals surface area contributed by atoms with Gasteiger partial charge in [0.1, 0.15) is 0 Å². The van der Waals surface area contributed by atoms with Crippen LogP contribution in [0.3, 0.4) is 0 Å². The Balaban J connectivity index is 2.44. The Kier molecular flexibility index (Phi) is 4.71. The molecule has 0 saturated heterocycles. The van der Waals surface area contributed by atoms with Crippen LogP contribution in [0.5, 0.6) is 0 Å². The van der Waals surface area contributed by atoms with E-state index in [2.05, 4.69) is 6.08 Å². The monoisotopic (exact) mass is 196 g/mol. The molecule has 1 fully saturated rings. The summed E-state index contributed by atoms with van der Waals surface area (Å²) in [6, 6.07) is 0. The van der Waals surface area contributed by atoms with Gasteiger partial charge in [0.2, 0.25) is 0 Å². The van der Waals surface area contributed by atoms with Crippen molar-refractivity contribution < 1.29 is 9.53 Å². The lowest BCUT2D eigenvalue weighted by Gasteiger charge is -2.18. The smallest absolute Gasteiger partial charge is 0.333 e. The highest BCUT2D eigenvalue weighted by molar-refractivity contribution is 5.87. The van der Waals surface area contributed by atoms with Gasteiger partial charge in [-0.1, -0.05) is 25.3 Å². The molecule has 0 aromatic carbocycles. The molecule has 0 aromatic heterocycles. The summed E-state index contributed by atoms with van der Waals surface area (Å²) >= 11 is 0. The summed E-state index contributed by atoms with van der Waals surface area (Å²) in [7, 11) is 0. The standard InChI is InChI=1S/C12H20O2/c1-3-14-12(13)10(2)9-11-7-5-4-6-8-11/h9,11H,3-8H2,1-2H3/b10-9-. The quantitative estimate of drug-likeness (QED) is 0.512. The first kappa shape index (κ1) is 11.3. The summed E-state index contributed by atoms with van der Waals surface area (Å²) in [5.74, 6) is 0.450. The third-order valence-corrected chi connectivity index (χ3v) is 2.73. The average molecular weight is 196 g/mol. The van der Waals surface area contributed by atoms with E-state index in [1.807, 2.05) is 13.8 Å². The Bertz CT molecular complexity index is 212. The summed E-state index contributed by atoms with van der Waals surface area (Å²) in [6.07, 6.45) is 8.52. The first-order chi connectivity index (χ1) is 6.74. The highest BCUT2D eigenvalue weighted by Crippen LogP contribution is 2.25. The van der Waals surface area contributed by atoms with E-state index in [4.69, 9.17) is 4.74 Å². The van der Waals surface area contributed by atoms with Crippen molar-refractivity contribution in [2.75, 3.05) is 6.61 Å². The van der Waals surface area contributed by atoms with Gasteiger partial charge in [0, 0.05) is 5.57 Å². The van der Waals surface area contributed by atoms with Gasteiger partial charge in [-0.2, -0.15) is 0 Å². The van der Waals surface area contributed by atoms with Crippen LogP contribution in [0.4, 0.5) is 0 Å². The van der Waals surface area contributed by atoms with Gasteiger partial charge < -0.3 is 4.74 Å². The van der Waals surface area contributed by atoms with Crippen LogP contribution < -0.4 is 0 Å². The van der Waals surface area contributed by atoms with Crippen LogP contribution in [0.2, 0.25) is 0 Å². The number of hydrogen-bond acceptors (Lipinski definition) is 2. The lowest BCUT2D eigenvalue weighted by Crippen LogP contribution is -2.09. The molecule has 0 N–H and O–H groups in total. The van der Waals surface area contributed by atoms with Gasteiger partial charge in [0.05, 0.1) is 6.61 Å². The fraction of sp³-hybridized carbons (Fsp3) is 0.750. The van der Waals surface area contributed by atoms with Crippen molar-refractivity contribution in [3.63, 3.8) is 0 Å². The van der Waals surface area contributed by atoms with Crippen molar-refractivity contribution >= 4 is 5.97 Å². The third kappa shape index (κ3) is 3.52. The van der Waals surface area contributed by atoms with Crippen LogP contribution in [0.1, 0.15) is 46.0 Å². The molecule has 0 aliphatic heterocycles. The fourth-order valence-electron chi connectivity index (χ4n) is 1.97. The molecule has 0 unspecified atom stereocenters. The molecular weight excluding hydrogens is 176 g/mol. The van der Waals surface area contributed by atoms with Crippen molar-refractivity contribution in [2.24, 2.45) is 5.92 Å². The largest absolute Gasteiger partial charge is 0.463 e. The molecule has 1 aliphatic carbocycles. The molecule has 0 atom stereocenters. The molecule has 80 valence electrons. The molecule has 0 spiro atoms. The molecule has 1 saturated carbocycles. The Morgan fingerprint density at radius 2 is 2.00 bits per heavy atom. The van der Waals surface area contributed by atoms with Gasteiger partial charge in [0.25, 0.3) is 0 Å². The number of esters is 1. The van der Waals surface area contributed by atoms with E-state index in [1.165, 1.54) is 32.1 Å². The summed E-state index contributed by atoms with van der Waals surface area (Å²) < 4.78 is 4.94. The van der Waals surface area contributed by atoms with Crippen LogP contribution >= 0.6 is 0 Å². The van der Waals surface area contributed by atoms with E-state index in [0.717, 1.165) is 5.57 Å². The number of carbonyl (C=O) groups excluding carboxylic acids is 1. The van der Waals surface area contributed by atoms with E-state index in [9.17, 15) is 4.79 Å². The van der Waals surface area contributed by atoms with Crippen LogP contribution in [0.25, 0.3) is 0 Å². The molecule has 2 nitrogen and oxygen atoms in total. The molecule has 2 heteroatoms. The maximum absolute atomic E-state index is 11.3. The predicted molar refractivity (Wildman–Crippen MR) is 57.0 cm³/mol. The van der Waals surface area contributed by atoms with Gasteiger partial charge in [0.15, 0.2) is 0 Å². The predicted octanol–water partition coefficient (Wildman–Crippen LogP) is 3.08. The molecule has 0 bridgehead atoms. The van der Waals surface area contributed by atoms with Gasteiger partial charge in [-0.3, -0.25) is 0 Å². The van der Waals surface area contributed by atoms with E-state index in [-0.39, 0.29) is 5.97 Å². The minimum absolute atomic E-state index is 0.155. The van der Waals surface area contributed by atoms with Crippen molar-refractivity contribution in [3.8, 4) is 0 Å². The Labute approximate surface area is 86.3 Å². The second-order valence-electron chi connectivity index (χ2n) is 3.97.